The van der Waals surface area contributed by atoms with E-state index in [1.54, 1.807) is 30.3 Å². The van der Waals surface area contributed by atoms with Gasteiger partial charge in [-0.1, -0.05) is 18.2 Å². The lowest BCUT2D eigenvalue weighted by atomic mass is 9.49. The number of hydrazine groups is 1. The number of rotatable bonds is 7. The first-order valence-corrected chi connectivity index (χ1v) is 11.0. The van der Waals surface area contributed by atoms with Gasteiger partial charge < -0.3 is 10.1 Å². The van der Waals surface area contributed by atoms with Crippen molar-refractivity contribution in [2.24, 2.45) is 23.2 Å². The molecule has 4 saturated carbocycles. The second kappa shape index (κ2) is 9.08. The molecular formula is C23H29N3O5. The lowest BCUT2D eigenvalue weighted by molar-refractivity contribution is -0.149. The second-order valence-corrected chi connectivity index (χ2v) is 9.23. The van der Waals surface area contributed by atoms with Gasteiger partial charge in [-0.05, 0) is 68.4 Å². The normalized spacial score (nSPS) is 27.9. The van der Waals surface area contributed by atoms with Gasteiger partial charge in [0.1, 0.15) is 0 Å². The van der Waals surface area contributed by atoms with Crippen molar-refractivity contribution in [2.45, 2.75) is 44.9 Å². The average molecular weight is 428 g/mol. The van der Waals surface area contributed by atoms with Crippen molar-refractivity contribution in [3.63, 3.8) is 0 Å². The Morgan fingerprint density at radius 1 is 0.903 bits per heavy atom. The summed E-state index contributed by atoms with van der Waals surface area (Å²) in [5.74, 6) is 0.438. The molecule has 4 fully saturated rings. The summed E-state index contributed by atoms with van der Waals surface area (Å²) in [4.78, 5) is 48.3. The smallest absolute Gasteiger partial charge is 0.308 e. The molecule has 1 aromatic rings. The third kappa shape index (κ3) is 5.06. The highest BCUT2D eigenvalue weighted by Crippen LogP contribution is 2.60. The molecule has 4 aliphatic carbocycles. The molecule has 31 heavy (non-hydrogen) atoms. The van der Waals surface area contributed by atoms with Crippen LogP contribution in [0.25, 0.3) is 0 Å². The van der Waals surface area contributed by atoms with Crippen molar-refractivity contribution in [3.05, 3.63) is 35.9 Å². The summed E-state index contributed by atoms with van der Waals surface area (Å²) in [6, 6.07) is 8.42. The summed E-state index contributed by atoms with van der Waals surface area (Å²) in [5.41, 5.74) is 4.61. The van der Waals surface area contributed by atoms with E-state index in [9.17, 15) is 19.2 Å². The molecule has 0 spiro atoms. The zero-order chi connectivity index (χ0) is 21.8. The van der Waals surface area contributed by atoms with Gasteiger partial charge in [-0.3, -0.25) is 30.0 Å². The van der Waals surface area contributed by atoms with Crippen LogP contribution in [0, 0.1) is 23.2 Å². The van der Waals surface area contributed by atoms with Crippen molar-refractivity contribution in [2.75, 3.05) is 13.2 Å². The number of esters is 1. The predicted molar refractivity (Wildman–Crippen MR) is 111 cm³/mol. The summed E-state index contributed by atoms with van der Waals surface area (Å²) in [7, 11) is 0. The number of nitrogens with one attached hydrogen (secondary N) is 3. The first-order chi connectivity index (χ1) is 14.9. The summed E-state index contributed by atoms with van der Waals surface area (Å²) in [5, 5.41) is 2.92. The van der Waals surface area contributed by atoms with Gasteiger partial charge in [0.15, 0.2) is 6.61 Å². The monoisotopic (exact) mass is 427 g/mol. The lowest BCUT2D eigenvalue weighted by Crippen LogP contribution is -2.53. The number of amides is 3. The number of ether oxygens (including phenoxy) is 1. The van der Waals surface area contributed by atoms with Crippen molar-refractivity contribution >= 4 is 23.7 Å². The van der Waals surface area contributed by atoms with Crippen LogP contribution in [-0.4, -0.2) is 36.8 Å². The number of hydrogen-bond donors (Lipinski definition) is 3. The van der Waals surface area contributed by atoms with Crippen molar-refractivity contribution in [1.29, 1.82) is 0 Å². The molecule has 3 amide bonds. The molecule has 4 bridgehead atoms. The minimum Gasteiger partial charge on any atom is -0.455 e. The Balaban J connectivity index is 1.12. The zero-order valence-electron chi connectivity index (χ0n) is 17.5. The molecule has 8 heteroatoms. The van der Waals surface area contributed by atoms with Crippen LogP contribution in [0.3, 0.4) is 0 Å². The van der Waals surface area contributed by atoms with Crippen LogP contribution in [0.1, 0.15) is 55.3 Å². The summed E-state index contributed by atoms with van der Waals surface area (Å²) >= 11 is 0. The first kappa shape index (κ1) is 21.3. The van der Waals surface area contributed by atoms with Crippen molar-refractivity contribution in [1.82, 2.24) is 16.2 Å². The fourth-order valence-electron chi connectivity index (χ4n) is 5.90. The third-order valence-corrected chi connectivity index (χ3v) is 6.85. The highest BCUT2D eigenvalue weighted by atomic mass is 16.5. The van der Waals surface area contributed by atoms with Gasteiger partial charge in [0.05, 0.1) is 6.42 Å². The largest absolute Gasteiger partial charge is 0.455 e. The molecule has 0 aromatic heterocycles. The molecule has 0 heterocycles. The molecular weight excluding hydrogens is 398 g/mol. The molecule has 8 nitrogen and oxygen atoms in total. The van der Waals surface area contributed by atoms with Crippen molar-refractivity contribution in [3.8, 4) is 0 Å². The Labute approximate surface area is 181 Å². The minimum absolute atomic E-state index is 0.00175. The van der Waals surface area contributed by atoms with Gasteiger partial charge in [-0.25, -0.2) is 0 Å². The number of carbonyl (C=O) groups is 4. The highest BCUT2D eigenvalue weighted by Gasteiger charge is 2.54. The Hall–Kier alpha value is -2.90. The summed E-state index contributed by atoms with van der Waals surface area (Å²) in [6.07, 6.45) is 6.74. The fourth-order valence-corrected chi connectivity index (χ4v) is 5.90. The van der Waals surface area contributed by atoms with Gasteiger partial charge in [0.2, 0.25) is 5.91 Å². The first-order valence-electron chi connectivity index (χ1n) is 11.0. The van der Waals surface area contributed by atoms with E-state index in [1.165, 1.54) is 19.3 Å². The molecule has 5 rings (SSSR count). The van der Waals surface area contributed by atoms with Crippen LogP contribution in [0.2, 0.25) is 0 Å². The van der Waals surface area contributed by atoms with E-state index in [4.69, 9.17) is 4.74 Å². The summed E-state index contributed by atoms with van der Waals surface area (Å²) in [6.45, 7) is -0.303. The minimum atomic E-state index is -0.643. The van der Waals surface area contributed by atoms with E-state index in [-0.39, 0.29) is 24.3 Å². The third-order valence-electron chi connectivity index (χ3n) is 6.85. The van der Waals surface area contributed by atoms with Gasteiger partial charge >= 0.3 is 5.97 Å². The molecule has 4 aliphatic rings. The molecule has 0 unspecified atom stereocenters. The Kier molecular flexibility index (Phi) is 6.25. The quantitative estimate of drug-likeness (QED) is 0.453. The average Bonchev–Trinajstić information content (AvgIpc) is 2.75. The van der Waals surface area contributed by atoms with E-state index in [0.717, 1.165) is 19.3 Å². The van der Waals surface area contributed by atoms with Crippen LogP contribution in [0.4, 0.5) is 0 Å². The standard InChI is InChI=1S/C23H29N3O5/c27-19(25-26-21(29)18-4-2-1-3-5-18)14-31-20(28)6-7-24-22(30)23-11-15-8-16(12-23)10-17(9-15)13-23/h1-5,15-17H,6-14H2,(H,24,30)(H,25,27)(H,26,29). The molecule has 0 saturated heterocycles. The topological polar surface area (TPSA) is 114 Å². The maximum absolute atomic E-state index is 12.8. The van der Waals surface area contributed by atoms with Crippen molar-refractivity contribution < 1.29 is 23.9 Å². The number of hydrogen-bond acceptors (Lipinski definition) is 5. The highest BCUT2D eigenvalue weighted by molar-refractivity contribution is 5.95. The van der Waals surface area contributed by atoms with E-state index in [1.807, 2.05) is 0 Å². The van der Waals surface area contributed by atoms with Crippen LogP contribution in [0.5, 0.6) is 0 Å². The molecule has 166 valence electrons. The van der Waals surface area contributed by atoms with Gasteiger partial charge in [-0.2, -0.15) is 0 Å². The van der Waals surface area contributed by atoms with Gasteiger partial charge in [-0.15, -0.1) is 0 Å². The fraction of sp³-hybridized carbons (Fsp3) is 0.565. The maximum Gasteiger partial charge on any atom is 0.308 e. The predicted octanol–water partition coefficient (Wildman–Crippen LogP) is 1.71. The number of benzene rings is 1. The molecule has 1 aromatic carbocycles. The van der Waals surface area contributed by atoms with Crippen LogP contribution < -0.4 is 16.2 Å². The summed E-state index contributed by atoms with van der Waals surface area (Å²) < 4.78 is 4.92. The molecule has 0 atom stereocenters. The Bertz CT molecular complexity index is 819. The SMILES string of the molecule is O=C(COC(=O)CCNC(=O)C12CC3CC(CC(C3)C1)C2)NNC(=O)c1ccccc1. The van der Waals surface area contributed by atoms with Gasteiger partial charge in [0.25, 0.3) is 11.8 Å². The van der Waals surface area contributed by atoms with Crippen LogP contribution in [0.15, 0.2) is 30.3 Å². The number of carbonyl (C=O) groups excluding carboxylic acids is 4. The van der Waals surface area contributed by atoms with Gasteiger partial charge in [0, 0.05) is 17.5 Å². The Morgan fingerprint density at radius 2 is 1.52 bits per heavy atom. The Morgan fingerprint density at radius 3 is 2.13 bits per heavy atom. The van der Waals surface area contributed by atoms with Crippen LogP contribution >= 0.6 is 0 Å². The zero-order valence-corrected chi connectivity index (χ0v) is 17.5. The van der Waals surface area contributed by atoms with E-state index in [2.05, 4.69) is 16.2 Å². The lowest BCUT2D eigenvalue weighted by Gasteiger charge is -2.55. The van der Waals surface area contributed by atoms with E-state index >= 15 is 0 Å². The maximum atomic E-state index is 12.8. The van der Waals surface area contributed by atoms with E-state index < -0.39 is 24.4 Å². The molecule has 3 N–H and O–H groups in total. The van der Waals surface area contributed by atoms with Crippen LogP contribution in [-0.2, 0) is 19.1 Å². The van der Waals surface area contributed by atoms with E-state index in [0.29, 0.717) is 23.3 Å². The second-order valence-electron chi connectivity index (χ2n) is 9.23. The molecule has 0 radical (unpaired) electrons. The molecule has 0 aliphatic heterocycles.